The normalized spacial score (nSPS) is 9.86. The molecule has 1 aromatic rings. The van der Waals surface area contributed by atoms with E-state index in [1.165, 1.54) is 0 Å². The molecule has 0 radical (unpaired) electrons. The van der Waals surface area contributed by atoms with Gasteiger partial charge in [0.2, 0.25) is 5.88 Å². The summed E-state index contributed by atoms with van der Waals surface area (Å²) in [7, 11) is 0. The van der Waals surface area contributed by atoms with Crippen LogP contribution in [0.4, 0.5) is 0 Å². The first-order chi connectivity index (χ1) is 6.77. The topological polar surface area (TPSA) is 48.1 Å². The number of halogens is 1. The van der Waals surface area contributed by atoms with Crippen LogP contribution in [0.25, 0.3) is 0 Å². The standard InChI is InChI=1S/C10H13ClN2O/c1-2-3-4-14-10-5-8(6-12)9(11)7-13-10/h2,5,7H,1,3-4,6,12H2. The highest BCUT2D eigenvalue weighted by atomic mass is 35.5. The molecular formula is C10H13ClN2O. The first-order valence-corrected chi connectivity index (χ1v) is 4.74. The minimum atomic E-state index is 0.388. The zero-order valence-corrected chi connectivity index (χ0v) is 8.63. The lowest BCUT2D eigenvalue weighted by molar-refractivity contribution is 0.312. The molecule has 0 unspecified atom stereocenters. The second kappa shape index (κ2) is 5.62. The summed E-state index contributed by atoms with van der Waals surface area (Å²) in [6, 6.07) is 1.76. The Hall–Kier alpha value is -1.06. The molecule has 0 amide bonds. The fraction of sp³-hybridized carbons (Fsp3) is 0.300. The van der Waals surface area contributed by atoms with Crippen LogP contribution >= 0.6 is 11.6 Å². The summed E-state index contributed by atoms with van der Waals surface area (Å²) in [5.74, 6) is 0.553. The molecule has 2 N–H and O–H groups in total. The SMILES string of the molecule is C=CCCOc1cc(CN)c(Cl)cn1. The van der Waals surface area contributed by atoms with Crippen LogP contribution < -0.4 is 10.5 Å². The molecule has 0 saturated heterocycles. The molecule has 0 spiro atoms. The van der Waals surface area contributed by atoms with Crippen LogP contribution in [-0.2, 0) is 6.54 Å². The van der Waals surface area contributed by atoms with Crippen LogP contribution in [0.1, 0.15) is 12.0 Å². The predicted octanol–water partition coefficient (Wildman–Crippen LogP) is 2.15. The van der Waals surface area contributed by atoms with Gasteiger partial charge in [0.05, 0.1) is 11.6 Å². The van der Waals surface area contributed by atoms with Crippen LogP contribution in [0.15, 0.2) is 24.9 Å². The summed E-state index contributed by atoms with van der Waals surface area (Å²) in [4.78, 5) is 4.01. The molecule has 14 heavy (non-hydrogen) atoms. The summed E-state index contributed by atoms with van der Waals surface area (Å²) in [6.07, 6.45) is 4.13. The Balaban J connectivity index is 2.64. The largest absolute Gasteiger partial charge is 0.477 e. The van der Waals surface area contributed by atoms with Crippen LogP contribution in [-0.4, -0.2) is 11.6 Å². The van der Waals surface area contributed by atoms with E-state index in [0.717, 1.165) is 12.0 Å². The van der Waals surface area contributed by atoms with Gasteiger partial charge in [-0.05, 0) is 12.0 Å². The second-order valence-corrected chi connectivity index (χ2v) is 3.15. The van der Waals surface area contributed by atoms with Crippen molar-refractivity contribution in [3.8, 4) is 5.88 Å². The quantitative estimate of drug-likeness (QED) is 0.601. The number of pyridine rings is 1. The van der Waals surface area contributed by atoms with Crippen molar-refractivity contribution in [2.75, 3.05) is 6.61 Å². The first-order valence-electron chi connectivity index (χ1n) is 4.36. The number of nitrogens with two attached hydrogens (primary N) is 1. The van der Waals surface area contributed by atoms with Crippen molar-refractivity contribution in [3.05, 3.63) is 35.5 Å². The van der Waals surface area contributed by atoms with Crippen LogP contribution in [0, 0.1) is 0 Å². The highest BCUT2D eigenvalue weighted by Gasteiger charge is 2.01. The molecule has 0 fully saturated rings. The molecular weight excluding hydrogens is 200 g/mol. The summed E-state index contributed by atoms with van der Waals surface area (Å²) in [6.45, 7) is 4.56. The monoisotopic (exact) mass is 212 g/mol. The van der Waals surface area contributed by atoms with Crippen molar-refractivity contribution in [3.63, 3.8) is 0 Å². The van der Waals surface area contributed by atoms with Gasteiger partial charge in [-0.25, -0.2) is 4.98 Å². The van der Waals surface area contributed by atoms with E-state index in [1.54, 1.807) is 18.3 Å². The van der Waals surface area contributed by atoms with Gasteiger partial charge in [-0.15, -0.1) is 6.58 Å². The van der Waals surface area contributed by atoms with Gasteiger partial charge >= 0.3 is 0 Å². The van der Waals surface area contributed by atoms with Gasteiger partial charge in [-0.1, -0.05) is 17.7 Å². The smallest absolute Gasteiger partial charge is 0.213 e. The van der Waals surface area contributed by atoms with Gasteiger partial charge in [-0.3, -0.25) is 0 Å². The molecule has 0 saturated carbocycles. The molecule has 0 aliphatic heterocycles. The van der Waals surface area contributed by atoms with E-state index in [0.29, 0.717) is 24.1 Å². The first kappa shape index (κ1) is 11.0. The van der Waals surface area contributed by atoms with Gasteiger partial charge in [0.15, 0.2) is 0 Å². The van der Waals surface area contributed by atoms with E-state index >= 15 is 0 Å². The Bertz CT molecular complexity index is 315. The van der Waals surface area contributed by atoms with E-state index < -0.39 is 0 Å². The van der Waals surface area contributed by atoms with Gasteiger partial charge in [0, 0.05) is 18.8 Å². The Morgan fingerprint density at radius 2 is 2.43 bits per heavy atom. The third-order valence-corrected chi connectivity index (χ3v) is 2.04. The molecule has 0 atom stereocenters. The maximum Gasteiger partial charge on any atom is 0.213 e. The summed E-state index contributed by atoms with van der Waals surface area (Å²) in [5.41, 5.74) is 6.33. The number of hydrogen-bond acceptors (Lipinski definition) is 3. The van der Waals surface area contributed by atoms with Crippen molar-refractivity contribution in [1.82, 2.24) is 4.98 Å². The molecule has 0 aliphatic carbocycles. The summed E-state index contributed by atoms with van der Waals surface area (Å²) < 4.78 is 5.35. The molecule has 0 aliphatic rings. The van der Waals surface area contributed by atoms with E-state index in [2.05, 4.69) is 11.6 Å². The lowest BCUT2D eigenvalue weighted by atomic mass is 10.3. The number of hydrogen-bond donors (Lipinski definition) is 1. The highest BCUT2D eigenvalue weighted by Crippen LogP contribution is 2.18. The molecule has 0 aromatic carbocycles. The Morgan fingerprint density at radius 1 is 1.64 bits per heavy atom. The number of aromatic nitrogens is 1. The number of ether oxygens (including phenoxy) is 1. The maximum atomic E-state index is 5.84. The summed E-state index contributed by atoms with van der Waals surface area (Å²) >= 11 is 5.84. The summed E-state index contributed by atoms with van der Waals surface area (Å²) in [5, 5.41) is 0.573. The van der Waals surface area contributed by atoms with Crippen LogP contribution in [0.3, 0.4) is 0 Å². The molecule has 4 heteroatoms. The molecule has 1 aromatic heterocycles. The lowest BCUT2D eigenvalue weighted by Crippen LogP contribution is -2.02. The average Bonchev–Trinajstić information content (AvgIpc) is 2.21. The van der Waals surface area contributed by atoms with E-state index in [9.17, 15) is 0 Å². The average molecular weight is 213 g/mol. The zero-order valence-electron chi connectivity index (χ0n) is 7.87. The zero-order chi connectivity index (χ0) is 10.4. The van der Waals surface area contributed by atoms with Crippen LogP contribution in [0.5, 0.6) is 5.88 Å². The van der Waals surface area contributed by atoms with E-state index in [1.807, 2.05) is 0 Å². The minimum Gasteiger partial charge on any atom is -0.477 e. The molecule has 0 bridgehead atoms. The molecule has 1 heterocycles. The fourth-order valence-electron chi connectivity index (χ4n) is 0.941. The van der Waals surface area contributed by atoms with Gasteiger partial charge < -0.3 is 10.5 Å². The lowest BCUT2D eigenvalue weighted by Gasteiger charge is -2.05. The van der Waals surface area contributed by atoms with Gasteiger partial charge in [-0.2, -0.15) is 0 Å². The number of nitrogens with zero attached hydrogens (tertiary/aromatic N) is 1. The van der Waals surface area contributed by atoms with Gasteiger partial charge in [0.1, 0.15) is 0 Å². The van der Waals surface area contributed by atoms with Crippen molar-refractivity contribution in [1.29, 1.82) is 0 Å². The third-order valence-electron chi connectivity index (χ3n) is 1.70. The van der Waals surface area contributed by atoms with Crippen molar-refractivity contribution >= 4 is 11.6 Å². The Kier molecular flexibility index (Phi) is 4.43. The van der Waals surface area contributed by atoms with E-state index in [-0.39, 0.29) is 0 Å². The van der Waals surface area contributed by atoms with E-state index in [4.69, 9.17) is 22.1 Å². The molecule has 3 nitrogen and oxygen atoms in total. The molecule has 76 valence electrons. The maximum absolute atomic E-state index is 5.84. The minimum absolute atomic E-state index is 0.388. The third kappa shape index (κ3) is 3.01. The van der Waals surface area contributed by atoms with Crippen molar-refractivity contribution in [2.45, 2.75) is 13.0 Å². The second-order valence-electron chi connectivity index (χ2n) is 2.74. The number of rotatable bonds is 5. The van der Waals surface area contributed by atoms with Crippen molar-refractivity contribution in [2.24, 2.45) is 5.73 Å². The highest BCUT2D eigenvalue weighted by molar-refractivity contribution is 6.31. The Labute approximate surface area is 88.5 Å². The predicted molar refractivity (Wildman–Crippen MR) is 57.4 cm³/mol. The Morgan fingerprint density at radius 3 is 3.07 bits per heavy atom. The van der Waals surface area contributed by atoms with Gasteiger partial charge in [0.25, 0.3) is 0 Å². The fourth-order valence-corrected chi connectivity index (χ4v) is 1.12. The van der Waals surface area contributed by atoms with Crippen LogP contribution in [0.2, 0.25) is 5.02 Å². The van der Waals surface area contributed by atoms with Crippen molar-refractivity contribution < 1.29 is 4.74 Å². The molecule has 1 rings (SSSR count).